The number of benzene rings is 1. The fourth-order valence-corrected chi connectivity index (χ4v) is 3.50. The van der Waals surface area contributed by atoms with Crippen LogP contribution < -0.4 is 5.73 Å². The van der Waals surface area contributed by atoms with E-state index < -0.39 is 0 Å². The normalized spacial score (nSPS) is 18.7. The van der Waals surface area contributed by atoms with Crippen molar-refractivity contribution < 1.29 is 0 Å². The third-order valence-corrected chi connectivity index (χ3v) is 4.95. The molecule has 0 radical (unpaired) electrons. The zero-order chi connectivity index (χ0) is 13.7. The molecular formula is C18H29N. The summed E-state index contributed by atoms with van der Waals surface area (Å²) in [6, 6.07) is 9.40. The second-order valence-electron chi connectivity index (χ2n) is 6.10. The Balaban J connectivity index is 2.04. The number of hydrogen-bond acceptors (Lipinski definition) is 1. The maximum atomic E-state index is 6.39. The van der Waals surface area contributed by atoms with Crippen molar-refractivity contribution in [2.24, 2.45) is 11.7 Å². The molecule has 0 bridgehead atoms. The summed E-state index contributed by atoms with van der Waals surface area (Å²) < 4.78 is 0. The Morgan fingerprint density at radius 2 is 1.58 bits per heavy atom. The minimum absolute atomic E-state index is 0.204. The van der Waals surface area contributed by atoms with E-state index in [4.69, 9.17) is 5.73 Å². The third kappa shape index (κ3) is 3.60. The van der Waals surface area contributed by atoms with Gasteiger partial charge in [-0.3, -0.25) is 0 Å². The van der Waals surface area contributed by atoms with E-state index in [1.165, 1.54) is 56.1 Å². The summed E-state index contributed by atoms with van der Waals surface area (Å²) in [5, 5.41) is 0. The van der Waals surface area contributed by atoms with Gasteiger partial charge in [-0.25, -0.2) is 0 Å². The van der Waals surface area contributed by atoms with Crippen LogP contribution in [0.4, 0.5) is 0 Å². The number of hydrogen-bond donors (Lipinski definition) is 1. The zero-order valence-electron chi connectivity index (χ0n) is 12.6. The fraction of sp³-hybridized carbons (Fsp3) is 0.667. The molecule has 1 aromatic carbocycles. The summed E-state index contributed by atoms with van der Waals surface area (Å²) in [7, 11) is 0. The molecule has 2 rings (SSSR count). The quantitative estimate of drug-likeness (QED) is 0.775. The fourth-order valence-electron chi connectivity index (χ4n) is 3.50. The van der Waals surface area contributed by atoms with Gasteiger partial charge in [0.25, 0.3) is 0 Å². The molecule has 0 saturated heterocycles. The molecule has 1 aliphatic carbocycles. The molecule has 0 aliphatic heterocycles. The van der Waals surface area contributed by atoms with Crippen molar-refractivity contribution in [3.63, 3.8) is 0 Å². The van der Waals surface area contributed by atoms with Gasteiger partial charge >= 0.3 is 0 Å². The van der Waals surface area contributed by atoms with Crippen LogP contribution in [0.3, 0.4) is 0 Å². The average molecular weight is 259 g/mol. The van der Waals surface area contributed by atoms with Crippen molar-refractivity contribution in [3.8, 4) is 0 Å². The van der Waals surface area contributed by atoms with Crippen LogP contribution in [-0.4, -0.2) is 0 Å². The molecule has 1 nitrogen and oxygen atoms in total. The lowest BCUT2D eigenvalue weighted by molar-refractivity contribution is 0.405. The molecule has 1 aromatic rings. The van der Waals surface area contributed by atoms with Crippen LogP contribution in [-0.2, 0) is 0 Å². The minimum Gasteiger partial charge on any atom is -0.324 e. The lowest BCUT2D eigenvalue weighted by atomic mass is 9.83. The van der Waals surface area contributed by atoms with E-state index in [9.17, 15) is 0 Å². The summed E-state index contributed by atoms with van der Waals surface area (Å²) in [5.41, 5.74) is 9.23. The lowest BCUT2D eigenvalue weighted by Gasteiger charge is -2.24. The molecule has 1 unspecified atom stereocenters. The third-order valence-electron chi connectivity index (χ3n) is 4.95. The second kappa shape index (κ2) is 7.09. The summed E-state index contributed by atoms with van der Waals surface area (Å²) in [4.78, 5) is 0. The first-order valence-corrected chi connectivity index (χ1v) is 8.11. The first-order valence-electron chi connectivity index (χ1n) is 8.11. The molecule has 1 fully saturated rings. The molecule has 1 heteroatoms. The van der Waals surface area contributed by atoms with Gasteiger partial charge in [0.1, 0.15) is 0 Å². The molecule has 0 heterocycles. The Labute approximate surface area is 118 Å². The van der Waals surface area contributed by atoms with Crippen molar-refractivity contribution in [2.45, 2.75) is 70.8 Å². The highest BCUT2D eigenvalue weighted by Crippen LogP contribution is 2.33. The van der Waals surface area contributed by atoms with Crippen molar-refractivity contribution >= 4 is 0 Å². The average Bonchev–Trinajstić information content (AvgIpc) is 2.49. The Hall–Kier alpha value is -0.820. The van der Waals surface area contributed by atoms with Gasteiger partial charge in [0.2, 0.25) is 0 Å². The SMILES string of the molecule is CCC(CC)C(N)c1ccc(C2CCCCC2)cc1. The van der Waals surface area contributed by atoms with Crippen LogP contribution in [0.2, 0.25) is 0 Å². The number of rotatable bonds is 5. The van der Waals surface area contributed by atoms with Gasteiger partial charge in [-0.05, 0) is 35.8 Å². The van der Waals surface area contributed by atoms with E-state index in [-0.39, 0.29) is 6.04 Å². The zero-order valence-corrected chi connectivity index (χ0v) is 12.6. The minimum atomic E-state index is 0.204. The lowest BCUT2D eigenvalue weighted by Crippen LogP contribution is -2.20. The molecular weight excluding hydrogens is 230 g/mol. The standard InChI is InChI=1S/C18H29N/c1-3-14(4-2)18(19)17-12-10-16(11-13-17)15-8-6-5-7-9-15/h10-15,18H,3-9,19H2,1-2H3. The first-order chi connectivity index (χ1) is 9.26. The molecule has 0 aromatic heterocycles. The van der Waals surface area contributed by atoms with Gasteiger partial charge in [0.15, 0.2) is 0 Å². The molecule has 0 spiro atoms. The van der Waals surface area contributed by atoms with E-state index in [1.807, 2.05) is 0 Å². The summed E-state index contributed by atoms with van der Waals surface area (Å²) >= 11 is 0. The van der Waals surface area contributed by atoms with Crippen molar-refractivity contribution in [1.82, 2.24) is 0 Å². The second-order valence-corrected chi connectivity index (χ2v) is 6.10. The van der Waals surface area contributed by atoms with Crippen LogP contribution in [0.15, 0.2) is 24.3 Å². The van der Waals surface area contributed by atoms with E-state index in [2.05, 4.69) is 38.1 Å². The van der Waals surface area contributed by atoms with Crippen LogP contribution >= 0.6 is 0 Å². The van der Waals surface area contributed by atoms with Crippen molar-refractivity contribution in [3.05, 3.63) is 35.4 Å². The highest BCUT2D eigenvalue weighted by Gasteiger charge is 2.18. The van der Waals surface area contributed by atoms with E-state index >= 15 is 0 Å². The molecule has 1 atom stereocenters. The summed E-state index contributed by atoms with van der Waals surface area (Å²) in [5.74, 6) is 1.41. The molecule has 0 amide bonds. The van der Waals surface area contributed by atoms with Crippen LogP contribution in [0, 0.1) is 5.92 Å². The summed E-state index contributed by atoms with van der Waals surface area (Å²) in [6.07, 6.45) is 9.31. The maximum Gasteiger partial charge on any atom is 0.0323 e. The molecule has 106 valence electrons. The highest BCUT2D eigenvalue weighted by atomic mass is 14.6. The molecule has 19 heavy (non-hydrogen) atoms. The van der Waals surface area contributed by atoms with Gasteiger partial charge < -0.3 is 5.73 Å². The summed E-state index contributed by atoms with van der Waals surface area (Å²) in [6.45, 7) is 4.48. The van der Waals surface area contributed by atoms with Gasteiger partial charge in [-0.2, -0.15) is 0 Å². The molecule has 1 aliphatic rings. The topological polar surface area (TPSA) is 26.0 Å². The Bertz CT molecular complexity index is 358. The van der Waals surface area contributed by atoms with Crippen LogP contribution in [0.5, 0.6) is 0 Å². The molecule has 1 saturated carbocycles. The van der Waals surface area contributed by atoms with Gasteiger partial charge in [0, 0.05) is 6.04 Å². The van der Waals surface area contributed by atoms with Crippen LogP contribution in [0.1, 0.15) is 81.9 Å². The maximum absolute atomic E-state index is 6.39. The van der Waals surface area contributed by atoms with Gasteiger partial charge in [-0.15, -0.1) is 0 Å². The smallest absolute Gasteiger partial charge is 0.0323 e. The Kier molecular flexibility index (Phi) is 5.45. The van der Waals surface area contributed by atoms with Crippen molar-refractivity contribution in [2.75, 3.05) is 0 Å². The van der Waals surface area contributed by atoms with Gasteiger partial charge in [0.05, 0.1) is 0 Å². The highest BCUT2D eigenvalue weighted by molar-refractivity contribution is 5.28. The predicted octanol–water partition coefficient (Wildman–Crippen LogP) is 5.17. The Morgan fingerprint density at radius 3 is 2.11 bits per heavy atom. The first kappa shape index (κ1) is 14.6. The van der Waals surface area contributed by atoms with Crippen LogP contribution in [0.25, 0.3) is 0 Å². The number of nitrogens with two attached hydrogens (primary N) is 1. The Morgan fingerprint density at radius 1 is 1.00 bits per heavy atom. The molecule has 2 N–H and O–H groups in total. The van der Waals surface area contributed by atoms with Gasteiger partial charge in [-0.1, -0.05) is 70.2 Å². The largest absolute Gasteiger partial charge is 0.324 e. The van der Waals surface area contributed by atoms with E-state index in [0.29, 0.717) is 5.92 Å². The van der Waals surface area contributed by atoms with E-state index in [1.54, 1.807) is 0 Å². The monoisotopic (exact) mass is 259 g/mol. The van der Waals surface area contributed by atoms with Crippen molar-refractivity contribution in [1.29, 1.82) is 0 Å². The predicted molar refractivity (Wildman–Crippen MR) is 83.3 cm³/mol. The van der Waals surface area contributed by atoms with E-state index in [0.717, 1.165) is 5.92 Å².